The average Bonchev–Trinajstić information content (AvgIpc) is 2.37. The predicted molar refractivity (Wildman–Crippen MR) is 80.8 cm³/mol. The smallest absolute Gasteiger partial charge is 0.255 e. The molecule has 1 aromatic heterocycles. The van der Waals surface area contributed by atoms with Crippen LogP contribution in [0.5, 0.6) is 0 Å². The highest BCUT2D eigenvalue weighted by atomic mass is 79.9. The number of nitrogens with one attached hydrogen (secondary N) is 1. The number of carbonyl (C=O) groups is 1. The number of hydrogen-bond donors (Lipinski definition) is 1. The number of carbonyl (C=O) groups excluding carboxylic acids is 1. The van der Waals surface area contributed by atoms with Crippen LogP contribution in [0.4, 0.5) is 5.69 Å². The van der Waals surface area contributed by atoms with Gasteiger partial charge in [0.2, 0.25) is 0 Å². The molecule has 0 radical (unpaired) electrons. The molecule has 1 aromatic carbocycles. The summed E-state index contributed by atoms with van der Waals surface area (Å²) in [6.07, 6.45) is 1.61. The molecule has 0 spiro atoms. The second-order valence-electron chi connectivity index (χ2n) is 4.25. The molecule has 2 aromatic rings. The molecule has 0 saturated heterocycles. The highest BCUT2D eigenvalue weighted by Crippen LogP contribution is 2.19. The van der Waals surface area contributed by atoms with Crippen molar-refractivity contribution in [2.45, 2.75) is 13.8 Å². The van der Waals surface area contributed by atoms with Crippen molar-refractivity contribution >= 4 is 39.1 Å². The Morgan fingerprint density at radius 3 is 2.63 bits per heavy atom. The minimum Gasteiger partial charge on any atom is -0.321 e. The molecule has 0 saturated carbocycles. The third-order valence-corrected chi connectivity index (χ3v) is 3.95. The van der Waals surface area contributed by atoms with E-state index in [1.165, 1.54) is 0 Å². The first-order chi connectivity index (χ1) is 8.97. The lowest BCUT2D eigenvalue weighted by Crippen LogP contribution is -2.12. The molecule has 1 amide bonds. The van der Waals surface area contributed by atoms with E-state index in [9.17, 15) is 4.79 Å². The molecule has 19 heavy (non-hydrogen) atoms. The van der Waals surface area contributed by atoms with Crippen LogP contribution in [0, 0.1) is 13.8 Å². The lowest BCUT2D eigenvalue weighted by molar-refractivity contribution is 0.102. The molecular weight excluding hydrogens is 328 g/mol. The summed E-state index contributed by atoms with van der Waals surface area (Å²) in [4.78, 5) is 16.2. The largest absolute Gasteiger partial charge is 0.321 e. The minimum absolute atomic E-state index is 0.178. The molecule has 0 aliphatic rings. The van der Waals surface area contributed by atoms with Crippen LogP contribution in [-0.4, -0.2) is 10.9 Å². The molecule has 5 heteroatoms. The summed E-state index contributed by atoms with van der Waals surface area (Å²) >= 11 is 9.26. The second kappa shape index (κ2) is 5.72. The van der Waals surface area contributed by atoms with Gasteiger partial charge >= 0.3 is 0 Å². The summed E-state index contributed by atoms with van der Waals surface area (Å²) in [5.74, 6) is -0.178. The number of anilines is 1. The number of aromatic nitrogens is 1. The van der Waals surface area contributed by atoms with Gasteiger partial charge in [0, 0.05) is 10.6 Å². The molecule has 0 atom stereocenters. The van der Waals surface area contributed by atoms with Crippen LogP contribution in [0.2, 0.25) is 5.02 Å². The molecule has 98 valence electrons. The Hall–Kier alpha value is -1.39. The number of halogens is 2. The summed E-state index contributed by atoms with van der Waals surface area (Å²) < 4.78 is 0.771. The highest BCUT2D eigenvalue weighted by molar-refractivity contribution is 9.10. The fourth-order valence-electron chi connectivity index (χ4n) is 1.62. The Labute approximate surface area is 125 Å². The van der Waals surface area contributed by atoms with Crippen molar-refractivity contribution in [3.8, 4) is 0 Å². The SMILES string of the molecule is Cc1cc(C(=O)Nc2cnc(Br)c(C)c2)ccc1Cl. The van der Waals surface area contributed by atoms with E-state index >= 15 is 0 Å². The van der Waals surface area contributed by atoms with Crippen LogP contribution in [-0.2, 0) is 0 Å². The Kier molecular flexibility index (Phi) is 4.22. The van der Waals surface area contributed by atoms with Crippen LogP contribution in [0.3, 0.4) is 0 Å². The molecule has 3 nitrogen and oxygen atoms in total. The number of amides is 1. The standard InChI is InChI=1S/C14H12BrClN2O/c1-8-5-10(3-4-12(8)16)14(19)18-11-6-9(2)13(15)17-7-11/h3-7H,1-2H3,(H,18,19). The maximum Gasteiger partial charge on any atom is 0.255 e. The summed E-state index contributed by atoms with van der Waals surface area (Å²) in [6.45, 7) is 3.78. The Morgan fingerprint density at radius 2 is 2.00 bits per heavy atom. The van der Waals surface area contributed by atoms with Gasteiger partial charge in [-0.3, -0.25) is 4.79 Å². The fourth-order valence-corrected chi connectivity index (χ4v) is 1.95. The zero-order valence-electron chi connectivity index (χ0n) is 10.5. The lowest BCUT2D eigenvalue weighted by Gasteiger charge is -2.07. The number of pyridine rings is 1. The van der Waals surface area contributed by atoms with Crippen LogP contribution in [0.25, 0.3) is 0 Å². The molecule has 1 N–H and O–H groups in total. The van der Waals surface area contributed by atoms with Gasteiger partial charge in [0.25, 0.3) is 5.91 Å². The summed E-state index contributed by atoms with van der Waals surface area (Å²) in [6, 6.07) is 7.04. The first-order valence-corrected chi connectivity index (χ1v) is 6.84. The normalized spacial score (nSPS) is 10.3. The topological polar surface area (TPSA) is 42.0 Å². The van der Waals surface area contributed by atoms with Crippen LogP contribution in [0.1, 0.15) is 21.5 Å². The van der Waals surface area contributed by atoms with Crippen LogP contribution in [0.15, 0.2) is 35.1 Å². The van der Waals surface area contributed by atoms with E-state index in [4.69, 9.17) is 11.6 Å². The molecule has 0 aliphatic carbocycles. The third-order valence-electron chi connectivity index (χ3n) is 2.69. The second-order valence-corrected chi connectivity index (χ2v) is 5.41. The van der Waals surface area contributed by atoms with Gasteiger partial charge in [0.15, 0.2) is 0 Å². The van der Waals surface area contributed by atoms with Gasteiger partial charge in [-0.05, 0) is 65.2 Å². The van der Waals surface area contributed by atoms with Gasteiger partial charge in [0.05, 0.1) is 11.9 Å². The Morgan fingerprint density at radius 1 is 1.26 bits per heavy atom. The van der Waals surface area contributed by atoms with E-state index in [1.54, 1.807) is 24.4 Å². The zero-order chi connectivity index (χ0) is 14.0. The van der Waals surface area contributed by atoms with Crippen LogP contribution >= 0.6 is 27.5 Å². The third kappa shape index (κ3) is 3.33. The first-order valence-electron chi connectivity index (χ1n) is 5.67. The van der Waals surface area contributed by atoms with Crippen molar-refractivity contribution in [1.29, 1.82) is 0 Å². The van der Waals surface area contributed by atoms with E-state index < -0.39 is 0 Å². The molecule has 0 fully saturated rings. The van der Waals surface area contributed by atoms with E-state index in [0.29, 0.717) is 16.3 Å². The van der Waals surface area contributed by atoms with Crippen molar-refractivity contribution in [3.05, 3.63) is 56.8 Å². The first kappa shape index (κ1) is 14.0. The van der Waals surface area contributed by atoms with E-state index in [0.717, 1.165) is 15.7 Å². The predicted octanol–water partition coefficient (Wildman–Crippen LogP) is 4.37. The maximum atomic E-state index is 12.1. The van der Waals surface area contributed by atoms with Crippen molar-refractivity contribution < 1.29 is 4.79 Å². The van der Waals surface area contributed by atoms with Gasteiger partial charge in [-0.15, -0.1) is 0 Å². The number of rotatable bonds is 2. The highest BCUT2D eigenvalue weighted by Gasteiger charge is 2.08. The van der Waals surface area contributed by atoms with E-state index in [2.05, 4.69) is 26.2 Å². The Balaban J connectivity index is 2.20. The summed E-state index contributed by atoms with van der Waals surface area (Å²) in [7, 11) is 0. The summed E-state index contributed by atoms with van der Waals surface area (Å²) in [5, 5.41) is 3.46. The fraction of sp³-hybridized carbons (Fsp3) is 0.143. The van der Waals surface area contributed by atoms with E-state index in [1.807, 2.05) is 19.9 Å². The molecule has 0 aliphatic heterocycles. The monoisotopic (exact) mass is 338 g/mol. The van der Waals surface area contributed by atoms with Gasteiger partial charge < -0.3 is 5.32 Å². The summed E-state index contributed by atoms with van der Waals surface area (Å²) in [5.41, 5.74) is 3.07. The number of aryl methyl sites for hydroxylation is 2. The number of nitrogens with zero attached hydrogens (tertiary/aromatic N) is 1. The number of benzene rings is 1. The number of hydrogen-bond acceptors (Lipinski definition) is 2. The average molecular weight is 340 g/mol. The van der Waals surface area contributed by atoms with E-state index in [-0.39, 0.29) is 5.91 Å². The zero-order valence-corrected chi connectivity index (χ0v) is 12.8. The van der Waals surface area contributed by atoms with Gasteiger partial charge in [0.1, 0.15) is 4.60 Å². The maximum absolute atomic E-state index is 12.1. The Bertz CT molecular complexity index is 643. The molecular formula is C14H12BrClN2O. The molecule has 1 heterocycles. The van der Waals surface area contributed by atoms with Gasteiger partial charge in [-0.1, -0.05) is 11.6 Å². The minimum atomic E-state index is -0.178. The van der Waals surface area contributed by atoms with Crippen molar-refractivity contribution in [1.82, 2.24) is 4.98 Å². The van der Waals surface area contributed by atoms with Gasteiger partial charge in [-0.25, -0.2) is 4.98 Å². The molecule has 0 bridgehead atoms. The van der Waals surface area contributed by atoms with Crippen molar-refractivity contribution in [3.63, 3.8) is 0 Å². The molecule has 2 rings (SSSR count). The van der Waals surface area contributed by atoms with Crippen molar-refractivity contribution in [2.75, 3.05) is 5.32 Å². The quantitative estimate of drug-likeness (QED) is 0.826. The van der Waals surface area contributed by atoms with Gasteiger partial charge in [-0.2, -0.15) is 0 Å². The molecule has 0 unspecified atom stereocenters. The van der Waals surface area contributed by atoms with Crippen LogP contribution < -0.4 is 5.32 Å². The lowest BCUT2D eigenvalue weighted by atomic mass is 10.1. The van der Waals surface area contributed by atoms with Crippen molar-refractivity contribution in [2.24, 2.45) is 0 Å².